The van der Waals surface area contributed by atoms with Gasteiger partial charge in [0.15, 0.2) is 0 Å². The van der Waals surface area contributed by atoms with Crippen molar-refractivity contribution in [3.8, 4) is 11.6 Å². The number of aryl methyl sites for hydroxylation is 1. The van der Waals surface area contributed by atoms with Crippen molar-refractivity contribution in [1.29, 1.82) is 0 Å². The van der Waals surface area contributed by atoms with Crippen LogP contribution >= 0.6 is 0 Å². The van der Waals surface area contributed by atoms with E-state index in [4.69, 9.17) is 4.74 Å². The first-order valence-electron chi connectivity index (χ1n) is 11.2. The molecule has 1 aliphatic rings. The van der Waals surface area contributed by atoms with Gasteiger partial charge >= 0.3 is 0 Å². The molecule has 2 aromatic carbocycles. The number of para-hydroxylation sites is 1. The number of nitrogens with zero attached hydrogens (tertiary/aromatic N) is 4. The minimum Gasteiger partial charge on any atom is -0.439 e. The number of aromatic nitrogens is 2. The van der Waals surface area contributed by atoms with Crippen LogP contribution in [0.1, 0.15) is 37.3 Å². The van der Waals surface area contributed by atoms with Crippen molar-refractivity contribution in [2.24, 2.45) is 0 Å². The molecule has 1 aromatic heterocycles. The standard InChI is InChI=1S/C26H30N4O2/c1-4-22(21-11-6-5-7-12-21)26(31)30-15-14-29(17-20(30)3)24-16-25(28-18-27-24)32-23-13-9-8-10-19(23)2/h5-13,16,18,20,22H,4,14-15,17H2,1-3H3/t20-,22-/m0/s1. The molecule has 2 atom stereocenters. The summed E-state index contributed by atoms with van der Waals surface area (Å²) in [5.41, 5.74) is 2.14. The summed E-state index contributed by atoms with van der Waals surface area (Å²) in [6.45, 7) is 8.30. The van der Waals surface area contributed by atoms with Crippen LogP contribution in [0.4, 0.5) is 5.82 Å². The van der Waals surface area contributed by atoms with E-state index in [0.29, 0.717) is 12.4 Å². The number of hydrogen-bond acceptors (Lipinski definition) is 5. The minimum atomic E-state index is -0.0987. The number of carbonyl (C=O) groups excluding carboxylic acids is 1. The summed E-state index contributed by atoms with van der Waals surface area (Å²) in [6.07, 6.45) is 2.33. The molecule has 1 amide bonds. The normalized spacial score (nSPS) is 17.2. The lowest BCUT2D eigenvalue weighted by Gasteiger charge is -2.41. The first kappa shape index (κ1) is 21.8. The maximum Gasteiger partial charge on any atom is 0.230 e. The quantitative estimate of drug-likeness (QED) is 0.562. The summed E-state index contributed by atoms with van der Waals surface area (Å²) in [6, 6.07) is 19.9. The summed E-state index contributed by atoms with van der Waals surface area (Å²) in [4.78, 5) is 26.3. The molecule has 0 bridgehead atoms. The summed E-state index contributed by atoms with van der Waals surface area (Å²) >= 11 is 0. The Morgan fingerprint density at radius 1 is 1.09 bits per heavy atom. The van der Waals surface area contributed by atoms with Crippen molar-refractivity contribution in [2.75, 3.05) is 24.5 Å². The van der Waals surface area contributed by atoms with Crippen molar-refractivity contribution in [3.63, 3.8) is 0 Å². The van der Waals surface area contributed by atoms with Crippen molar-refractivity contribution in [2.45, 2.75) is 39.2 Å². The van der Waals surface area contributed by atoms with Crippen LogP contribution in [0, 0.1) is 6.92 Å². The molecule has 1 fully saturated rings. The highest BCUT2D eigenvalue weighted by Gasteiger charge is 2.32. The highest BCUT2D eigenvalue weighted by Crippen LogP contribution is 2.28. The van der Waals surface area contributed by atoms with E-state index in [1.165, 1.54) is 6.33 Å². The van der Waals surface area contributed by atoms with Crippen molar-refractivity contribution < 1.29 is 9.53 Å². The maximum absolute atomic E-state index is 13.3. The van der Waals surface area contributed by atoms with Crippen LogP contribution in [-0.4, -0.2) is 46.5 Å². The smallest absolute Gasteiger partial charge is 0.230 e. The average Bonchev–Trinajstić information content (AvgIpc) is 2.82. The van der Waals surface area contributed by atoms with E-state index >= 15 is 0 Å². The van der Waals surface area contributed by atoms with Crippen LogP contribution in [-0.2, 0) is 4.79 Å². The van der Waals surface area contributed by atoms with Crippen LogP contribution in [0.3, 0.4) is 0 Å². The largest absolute Gasteiger partial charge is 0.439 e. The number of carbonyl (C=O) groups is 1. The predicted molar refractivity (Wildman–Crippen MR) is 126 cm³/mol. The molecule has 4 rings (SSSR count). The zero-order valence-electron chi connectivity index (χ0n) is 18.9. The van der Waals surface area contributed by atoms with Gasteiger partial charge in [0.25, 0.3) is 0 Å². The molecule has 0 unspecified atom stereocenters. The third kappa shape index (κ3) is 4.74. The van der Waals surface area contributed by atoms with Crippen LogP contribution in [0.15, 0.2) is 67.0 Å². The third-order valence-electron chi connectivity index (χ3n) is 6.08. The molecule has 0 N–H and O–H groups in total. The lowest BCUT2D eigenvalue weighted by Crippen LogP contribution is -2.55. The van der Waals surface area contributed by atoms with Gasteiger partial charge in [-0.3, -0.25) is 4.79 Å². The molecule has 6 heteroatoms. The molecule has 3 aromatic rings. The van der Waals surface area contributed by atoms with Gasteiger partial charge in [-0.05, 0) is 37.5 Å². The van der Waals surface area contributed by atoms with Crippen LogP contribution in [0.25, 0.3) is 0 Å². The van der Waals surface area contributed by atoms with Crippen molar-refractivity contribution in [1.82, 2.24) is 14.9 Å². The van der Waals surface area contributed by atoms with Crippen LogP contribution in [0.2, 0.25) is 0 Å². The second-order valence-corrected chi connectivity index (χ2v) is 8.28. The molecule has 0 spiro atoms. The maximum atomic E-state index is 13.3. The molecule has 166 valence electrons. The van der Waals surface area contributed by atoms with Gasteiger partial charge < -0.3 is 14.5 Å². The number of amides is 1. The fraction of sp³-hybridized carbons (Fsp3) is 0.346. The second-order valence-electron chi connectivity index (χ2n) is 8.28. The Morgan fingerprint density at radius 2 is 1.84 bits per heavy atom. The SMILES string of the molecule is CC[C@H](C(=O)N1CCN(c2cc(Oc3ccccc3C)ncn2)C[C@@H]1C)c1ccccc1. The zero-order chi connectivity index (χ0) is 22.5. The monoisotopic (exact) mass is 430 g/mol. The van der Waals surface area contributed by atoms with Gasteiger partial charge in [0, 0.05) is 31.7 Å². The Kier molecular flexibility index (Phi) is 6.69. The van der Waals surface area contributed by atoms with E-state index in [-0.39, 0.29) is 17.9 Å². The molecule has 0 aliphatic carbocycles. The Bertz CT molecular complexity index is 1060. The van der Waals surface area contributed by atoms with Gasteiger partial charge in [-0.1, -0.05) is 55.5 Å². The van der Waals surface area contributed by atoms with E-state index in [1.807, 2.05) is 72.5 Å². The number of rotatable bonds is 6. The summed E-state index contributed by atoms with van der Waals surface area (Å²) in [7, 11) is 0. The van der Waals surface area contributed by atoms with Crippen molar-refractivity contribution >= 4 is 11.7 Å². The van der Waals surface area contributed by atoms with E-state index in [1.54, 1.807) is 0 Å². The lowest BCUT2D eigenvalue weighted by atomic mass is 9.94. The molecular formula is C26H30N4O2. The first-order chi connectivity index (χ1) is 15.6. The molecule has 0 radical (unpaired) electrons. The van der Waals surface area contributed by atoms with Crippen molar-refractivity contribution in [3.05, 3.63) is 78.1 Å². The van der Waals surface area contributed by atoms with Gasteiger partial charge in [-0.15, -0.1) is 0 Å². The van der Waals surface area contributed by atoms with Gasteiger partial charge in [0.05, 0.1) is 5.92 Å². The predicted octanol–water partition coefficient (Wildman–Crippen LogP) is 4.81. The minimum absolute atomic E-state index is 0.0877. The highest BCUT2D eigenvalue weighted by atomic mass is 16.5. The first-order valence-corrected chi connectivity index (χ1v) is 11.2. The molecular weight excluding hydrogens is 400 g/mol. The van der Waals surface area contributed by atoms with E-state index in [2.05, 4.69) is 28.7 Å². The number of hydrogen-bond donors (Lipinski definition) is 0. The van der Waals surface area contributed by atoms with E-state index < -0.39 is 0 Å². The summed E-state index contributed by atoms with van der Waals surface area (Å²) in [5.74, 6) is 2.23. The van der Waals surface area contributed by atoms with E-state index in [0.717, 1.165) is 42.2 Å². The molecule has 6 nitrogen and oxygen atoms in total. The molecule has 1 aliphatic heterocycles. The molecule has 1 saturated heterocycles. The molecule has 32 heavy (non-hydrogen) atoms. The number of ether oxygens (including phenoxy) is 1. The summed E-state index contributed by atoms with van der Waals surface area (Å²) in [5, 5.41) is 0. The Hall–Kier alpha value is -3.41. The zero-order valence-corrected chi connectivity index (χ0v) is 18.9. The lowest BCUT2D eigenvalue weighted by molar-refractivity contribution is -0.135. The number of benzene rings is 2. The Balaban J connectivity index is 1.44. The third-order valence-corrected chi connectivity index (χ3v) is 6.08. The number of piperazine rings is 1. The summed E-state index contributed by atoms with van der Waals surface area (Å²) < 4.78 is 5.98. The fourth-order valence-corrected chi connectivity index (χ4v) is 4.27. The molecule has 2 heterocycles. The van der Waals surface area contributed by atoms with Gasteiger partial charge in [0.2, 0.25) is 11.8 Å². The Morgan fingerprint density at radius 3 is 2.56 bits per heavy atom. The fourth-order valence-electron chi connectivity index (χ4n) is 4.27. The van der Waals surface area contributed by atoms with Gasteiger partial charge in [0.1, 0.15) is 17.9 Å². The highest BCUT2D eigenvalue weighted by molar-refractivity contribution is 5.84. The van der Waals surface area contributed by atoms with Gasteiger partial charge in [-0.2, -0.15) is 0 Å². The van der Waals surface area contributed by atoms with E-state index in [9.17, 15) is 4.79 Å². The second kappa shape index (κ2) is 9.81. The average molecular weight is 431 g/mol. The van der Waals surface area contributed by atoms with Crippen LogP contribution < -0.4 is 9.64 Å². The number of anilines is 1. The van der Waals surface area contributed by atoms with Crippen LogP contribution in [0.5, 0.6) is 11.6 Å². The topological polar surface area (TPSA) is 58.6 Å². The van der Waals surface area contributed by atoms with Gasteiger partial charge in [-0.25, -0.2) is 9.97 Å². The Labute approximate surface area is 189 Å². The molecule has 0 saturated carbocycles.